The van der Waals surface area contributed by atoms with Crippen LogP contribution in [0.1, 0.15) is 28.1 Å². The number of benzene rings is 2. The van der Waals surface area contributed by atoms with Gasteiger partial charge in [-0.15, -0.1) is 0 Å². The third-order valence-electron chi connectivity index (χ3n) is 6.28. The molecule has 0 spiro atoms. The Hall–Kier alpha value is -4.29. The topological polar surface area (TPSA) is 117 Å². The molecule has 0 fully saturated rings. The molecule has 12 heteroatoms. The molecule has 0 atom stereocenters. The van der Waals surface area contributed by atoms with Gasteiger partial charge in [-0.25, -0.2) is 19.9 Å². The van der Waals surface area contributed by atoms with Crippen LogP contribution < -0.4 is 9.80 Å². The molecule has 204 valence electrons. The Kier molecular flexibility index (Phi) is 9.81. The fourth-order valence-electron chi connectivity index (χ4n) is 4.32. The second kappa shape index (κ2) is 13.7. The molecule has 2 aliphatic heterocycles. The number of fused-ring (bicyclic) bond motifs is 2. The Labute approximate surface area is 241 Å². The summed E-state index contributed by atoms with van der Waals surface area (Å²) in [6, 6.07) is 16.4. The van der Waals surface area contributed by atoms with Crippen LogP contribution >= 0.6 is 11.8 Å². The smallest absolute Gasteiger partial charge is 0.329 e. The van der Waals surface area contributed by atoms with E-state index in [1.165, 1.54) is 22.3 Å². The third kappa shape index (κ3) is 6.64. The van der Waals surface area contributed by atoms with Gasteiger partial charge in [-0.1, -0.05) is 36.0 Å². The lowest BCUT2D eigenvalue weighted by Crippen LogP contribution is -2.14. The van der Waals surface area contributed by atoms with Crippen LogP contribution in [0, 0.1) is 6.92 Å². The maximum Gasteiger partial charge on any atom is 0.335 e. The summed E-state index contributed by atoms with van der Waals surface area (Å²) in [5.74, 6) is 2.57. The van der Waals surface area contributed by atoms with Crippen molar-refractivity contribution >= 4 is 58.8 Å². The van der Waals surface area contributed by atoms with Gasteiger partial charge >= 0.3 is 11.6 Å². The molecule has 40 heavy (non-hydrogen) atoms. The minimum Gasteiger partial charge on any atom is -0.329 e. The van der Waals surface area contributed by atoms with Crippen LogP contribution in [0.25, 0.3) is 0 Å². The lowest BCUT2D eigenvalue weighted by molar-refractivity contribution is 0.630. The van der Waals surface area contributed by atoms with E-state index >= 15 is 0 Å². The van der Waals surface area contributed by atoms with Gasteiger partial charge in [0.25, 0.3) is 0 Å². The monoisotopic (exact) mass is 572 g/mol. The van der Waals surface area contributed by atoms with Crippen LogP contribution in [0.15, 0.2) is 76.1 Å². The summed E-state index contributed by atoms with van der Waals surface area (Å²) in [7, 11) is 4.04. The Morgan fingerprint density at radius 2 is 1.23 bits per heavy atom. The van der Waals surface area contributed by atoms with E-state index in [1.807, 2.05) is 51.8 Å². The van der Waals surface area contributed by atoms with Crippen LogP contribution in [-0.2, 0) is 24.7 Å². The first kappa shape index (κ1) is 28.7. The molecule has 4 aromatic rings. The minimum atomic E-state index is -0.750. The summed E-state index contributed by atoms with van der Waals surface area (Å²) >= 11 is 0.796. The van der Waals surface area contributed by atoms with Crippen molar-refractivity contribution in [2.24, 2.45) is 9.98 Å². The second-order valence-electron chi connectivity index (χ2n) is 8.69. The number of anilines is 4. The lowest BCUT2D eigenvalue weighted by Gasteiger charge is -2.20. The highest BCUT2D eigenvalue weighted by atomic mass is 32.2. The zero-order valence-electron chi connectivity index (χ0n) is 22.6. The predicted molar refractivity (Wildman–Crippen MR) is 161 cm³/mol. The van der Waals surface area contributed by atoms with E-state index in [9.17, 15) is 0 Å². The SMILES string of the molecule is CSc1nccc(N(C)c2cccc3c2C=NC3)n1.Cc1nccc(N(C)c2cccc3c2C=NC3)n1.O=S=O. The Bertz CT molecular complexity index is 1590. The summed E-state index contributed by atoms with van der Waals surface area (Å²) < 4.78 is 16.6. The zero-order valence-corrected chi connectivity index (χ0v) is 24.2. The van der Waals surface area contributed by atoms with Crippen molar-refractivity contribution < 1.29 is 8.42 Å². The van der Waals surface area contributed by atoms with E-state index in [1.54, 1.807) is 24.2 Å². The normalized spacial score (nSPS) is 11.9. The van der Waals surface area contributed by atoms with E-state index in [0.717, 1.165) is 47.1 Å². The van der Waals surface area contributed by atoms with Crippen molar-refractivity contribution in [3.05, 3.63) is 89.0 Å². The molecule has 0 amide bonds. The van der Waals surface area contributed by atoms with E-state index in [2.05, 4.69) is 76.1 Å². The number of rotatable bonds is 5. The van der Waals surface area contributed by atoms with Crippen molar-refractivity contribution in [2.45, 2.75) is 25.2 Å². The molecule has 0 unspecified atom stereocenters. The third-order valence-corrected chi connectivity index (χ3v) is 6.85. The molecule has 0 aliphatic carbocycles. The van der Waals surface area contributed by atoms with Crippen molar-refractivity contribution in [1.29, 1.82) is 0 Å². The molecule has 4 heterocycles. The summed E-state index contributed by atoms with van der Waals surface area (Å²) in [5, 5.41) is 0.783. The highest BCUT2D eigenvalue weighted by molar-refractivity contribution is 7.98. The van der Waals surface area contributed by atoms with Crippen LogP contribution in [0.3, 0.4) is 0 Å². The van der Waals surface area contributed by atoms with Gasteiger partial charge in [-0.05, 0) is 48.6 Å². The summed E-state index contributed by atoms with van der Waals surface area (Å²) in [4.78, 5) is 30.1. The molecule has 2 aromatic carbocycles. The molecular formula is C28H28N8O2S2. The van der Waals surface area contributed by atoms with E-state index in [4.69, 9.17) is 8.42 Å². The summed E-state index contributed by atoms with van der Waals surface area (Å²) in [5.41, 5.74) is 7.18. The standard InChI is InChI=1S/C14H14N4S.C14H14N4.O2S/c1-18(13-6-7-16-14(17-13)19-2)12-5-3-4-10-8-15-9-11(10)12;1-10-16-7-6-14(17-10)18(2)13-5-3-4-11-8-15-9-12(11)13;1-3-2/h3-7,9H,8H2,1-2H3;3-7,9H,8H2,1-2H3;. The summed E-state index contributed by atoms with van der Waals surface area (Å²) in [6.07, 6.45) is 9.44. The molecule has 0 radical (unpaired) electrons. The predicted octanol–water partition coefficient (Wildman–Crippen LogP) is 4.71. The number of hydrogen-bond acceptors (Lipinski definition) is 11. The lowest BCUT2D eigenvalue weighted by atomic mass is 10.1. The van der Waals surface area contributed by atoms with Gasteiger partial charge in [-0.2, -0.15) is 8.42 Å². The van der Waals surface area contributed by atoms with Gasteiger partial charge in [0.2, 0.25) is 0 Å². The number of hydrogen-bond donors (Lipinski definition) is 0. The first-order chi connectivity index (χ1) is 19.5. The van der Waals surface area contributed by atoms with Crippen molar-refractivity contribution in [2.75, 3.05) is 30.2 Å². The molecule has 6 rings (SSSR count). The quantitative estimate of drug-likeness (QED) is 0.247. The largest absolute Gasteiger partial charge is 0.335 e. The van der Waals surface area contributed by atoms with E-state index < -0.39 is 11.6 Å². The highest BCUT2D eigenvalue weighted by Gasteiger charge is 2.16. The Balaban J connectivity index is 0.000000169. The van der Waals surface area contributed by atoms with Gasteiger partial charge in [0.05, 0.1) is 24.5 Å². The fourth-order valence-corrected chi connectivity index (χ4v) is 4.67. The molecule has 0 N–H and O–H groups in total. The molecule has 0 bridgehead atoms. The van der Waals surface area contributed by atoms with Crippen LogP contribution in [0.2, 0.25) is 0 Å². The first-order valence-corrected chi connectivity index (χ1v) is 14.1. The van der Waals surface area contributed by atoms with E-state index in [0.29, 0.717) is 0 Å². The van der Waals surface area contributed by atoms with Crippen molar-refractivity contribution in [3.8, 4) is 0 Å². The Morgan fingerprint density at radius 1 is 0.725 bits per heavy atom. The first-order valence-electron chi connectivity index (χ1n) is 12.3. The number of aliphatic imine (C=N–C) groups is 2. The minimum absolute atomic E-state index is 0.750. The van der Waals surface area contributed by atoms with Gasteiger partial charge in [0.15, 0.2) is 5.16 Å². The number of thioether (sulfide) groups is 1. The van der Waals surface area contributed by atoms with Crippen LogP contribution in [0.4, 0.5) is 23.0 Å². The number of aryl methyl sites for hydroxylation is 1. The van der Waals surface area contributed by atoms with Crippen molar-refractivity contribution in [1.82, 2.24) is 19.9 Å². The highest BCUT2D eigenvalue weighted by Crippen LogP contribution is 2.31. The molecule has 2 aliphatic rings. The maximum absolute atomic E-state index is 8.29. The second-order valence-corrected chi connectivity index (χ2v) is 9.60. The van der Waals surface area contributed by atoms with Gasteiger partial charge in [0.1, 0.15) is 17.5 Å². The van der Waals surface area contributed by atoms with E-state index in [-0.39, 0.29) is 0 Å². The van der Waals surface area contributed by atoms with Crippen LogP contribution in [0.5, 0.6) is 0 Å². The molecule has 10 nitrogen and oxygen atoms in total. The van der Waals surface area contributed by atoms with Crippen molar-refractivity contribution in [3.63, 3.8) is 0 Å². The molecule has 0 saturated carbocycles. The maximum atomic E-state index is 8.29. The average Bonchev–Trinajstić information content (AvgIpc) is 3.67. The zero-order chi connectivity index (χ0) is 28.5. The summed E-state index contributed by atoms with van der Waals surface area (Å²) in [6.45, 7) is 3.45. The van der Waals surface area contributed by atoms with Gasteiger partial charge in [0, 0.05) is 50.0 Å². The average molecular weight is 573 g/mol. The number of nitrogens with zero attached hydrogens (tertiary/aromatic N) is 8. The number of aromatic nitrogens is 4. The molecule has 2 aromatic heterocycles. The van der Waals surface area contributed by atoms with Gasteiger partial charge in [-0.3, -0.25) is 9.98 Å². The van der Waals surface area contributed by atoms with Crippen LogP contribution in [-0.4, -0.2) is 61.1 Å². The van der Waals surface area contributed by atoms with Gasteiger partial charge < -0.3 is 9.80 Å². The Morgan fingerprint density at radius 3 is 1.73 bits per heavy atom. The fraction of sp³-hybridized carbons (Fsp3) is 0.214. The molecular weight excluding hydrogens is 544 g/mol. The molecule has 0 saturated heterocycles.